The number of hydrogen-bond acceptors (Lipinski definition) is 3. The molecule has 0 unspecified atom stereocenters. The zero-order chi connectivity index (χ0) is 11.4. The fraction of sp³-hybridized carbons (Fsp3) is 0.364. The number of carbonyl (C=O) groups is 1. The second-order valence-corrected chi connectivity index (χ2v) is 5.34. The summed E-state index contributed by atoms with van der Waals surface area (Å²) in [7, 11) is 0. The van der Waals surface area contributed by atoms with Gasteiger partial charge >= 0.3 is 5.97 Å². The van der Waals surface area contributed by atoms with Crippen LogP contribution in [0.4, 0.5) is 0 Å². The third-order valence-electron chi connectivity index (χ3n) is 2.94. The molecule has 2 aliphatic rings. The van der Waals surface area contributed by atoms with Crippen LogP contribution in [-0.4, -0.2) is 16.9 Å². The number of hydrogen-bond donors (Lipinski definition) is 0. The molecule has 2 heterocycles. The third kappa shape index (κ3) is 1.11. The maximum atomic E-state index is 11.7. The van der Waals surface area contributed by atoms with Crippen molar-refractivity contribution >= 4 is 29.2 Å². The van der Waals surface area contributed by atoms with Gasteiger partial charge < -0.3 is 9.47 Å². The Labute approximate surface area is 102 Å². The summed E-state index contributed by atoms with van der Waals surface area (Å²) in [6, 6.07) is 7.00. The van der Waals surface area contributed by atoms with Gasteiger partial charge in [0.15, 0.2) is 4.33 Å². The predicted molar refractivity (Wildman–Crippen MR) is 58.5 cm³/mol. The van der Waals surface area contributed by atoms with Crippen LogP contribution in [0.3, 0.4) is 0 Å². The fourth-order valence-corrected chi connectivity index (χ4v) is 2.70. The first-order chi connectivity index (χ1) is 7.57. The summed E-state index contributed by atoms with van der Waals surface area (Å²) < 4.78 is 9.55. The fourth-order valence-electron chi connectivity index (χ4n) is 2.16. The largest absolute Gasteiger partial charge is 0.421 e. The predicted octanol–water partition coefficient (Wildman–Crippen LogP) is 2.60. The molecule has 1 aromatic rings. The molecule has 1 aromatic carbocycles. The van der Waals surface area contributed by atoms with Crippen molar-refractivity contribution < 1.29 is 14.3 Å². The molecule has 5 heteroatoms. The van der Waals surface area contributed by atoms with E-state index in [4.69, 9.17) is 32.7 Å². The van der Waals surface area contributed by atoms with Gasteiger partial charge in [0.2, 0.25) is 0 Å². The quantitative estimate of drug-likeness (QED) is 0.530. The summed E-state index contributed by atoms with van der Waals surface area (Å²) >= 11 is 12.4. The highest BCUT2D eigenvalue weighted by Gasteiger charge is 2.63. The summed E-state index contributed by atoms with van der Waals surface area (Å²) in [5, 5.41) is 0. The monoisotopic (exact) mass is 258 g/mol. The zero-order valence-electron chi connectivity index (χ0n) is 8.20. The Balaban J connectivity index is 2.23. The van der Waals surface area contributed by atoms with E-state index in [2.05, 4.69) is 0 Å². The van der Waals surface area contributed by atoms with Gasteiger partial charge in [-0.2, -0.15) is 0 Å². The number of fused-ring (bicyclic) bond motifs is 2. The van der Waals surface area contributed by atoms with Crippen LogP contribution in [0, 0.1) is 0 Å². The van der Waals surface area contributed by atoms with Crippen molar-refractivity contribution in [1.82, 2.24) is 0 Å². The van der Waals surface area contributed by atoms with Crippen LogP contribution in [-0.2, 0) is 15.3 Å². The lowest BCUT2D eigenvalue weighted by atomic mass is 9.99. The molecule has 0 N–H and O–H groups in total. The van der Waals surface area contributed by atoms with Crippen molar-refractivity contribution in [2.45, 2.75) is 16.5 Å². The molecule has 0 radical (unpaired) electrons. The van der Waals surface area contributed by atoms with Gasteiger partial charge in [-0.1, -0.05) is 41.4 Å². The molecular weight excluding hydrogens is 251 g/mol. The van der Waals surface area contributed by atoms with Crippen molar-refractivity contribution in [2.24, 2.45) is 0 Å². The smallest absolute Gasteiger partial charge is 0.341 e. The van der Waals surface area contributed by atoms with Crippen LogP contribution >= 0.6 is 23.2 Å². The first kappa shape index (κ1) is 10.4. The van der Waals surface area contributed by atoms with E-state index in [1.54, 1.807) is 24.3 Å². The van der Waals surface area contributed by atoms with Gasteiger partial charge in [-0.3, -0.25) is 0 Å². The average molecular weight is 259 g/mol. The third-order valence-corrected chi connectivity index (χ3v) is 3.82. The minimum Gasteiger partial charge on any atom is -0.421 e. The van der Waals surface area contributed by atoms with Gasteiger partial charge in [-0.05, 0) is 6.07 Å². The summed E-state index contributed by atoms with van der Waals surface area (Å²) in [6.07, 6.45) is 0.428. The summed E-state index contributed by atoms with van der Waals surface area (Å²) in [6.45, 7) is 0.370. The van der Waals surface area contributed by atoms with Crippen molar-refractivity contribution in [3.8, 4) is 0 Å². The van der Waals surface area contributed by atoms with Crippen LogP contribution in [0.25, 0.3) is 0 Å². The van der Waals surface area contributed by atoms with Crippen molar-refractivity contribution in [3.63, 3.8) is 0 Å². The molecule has 84 valence electrons. The van der Waals surface area contributed by atoms with Crippen LogP contribution in [0.5, 0.6) is 0 Å². The number of ether oxygens (including phenoxy) is 2. The lowest BCUT2D eigenvalue weighted by Crippen LogP contribution is -2.40. The Kier molecular flexibility index (Phi) is 2.03. The second-order valence-electron chi connectivity index (χ2n) is 3.85. The standard InChI is InChI=1S/C11H8Cl2O3/c12-10(13)5-6-15-11(10)8-4-2-1-3-7(8)9(14)16-11/h1-4H,5-6H2/t11-/m1/s1. The molecule has 0 saturated carbocycles. The average Bonchev–Trinajstić information content (AvgIpc) is 2.70. The van der Waals surface area contributed by atoms with Gasteiger partial charge in [0, 0.05) is 12.0 Å². The van der Waals surface area contributed by atoms with Crippen molar-refractivity contribution in [3.05, 3.63) is 35.4 Å². The highest BCUT2D eigenvalue weighted by Crippen LogP contribution is 2.55. The molecule has 0 aliphatic carbocycles. The Morgan fingerprint density at radius 1 is 1.25 bits per heavy atom. The SMILES string of the molecule is O=C1O[C@]2(OCCC2(Cl)Cl)c2ccccc21. The highest BCUT2D eigenvalue weighted by molar-refractivity contribution is 6.49. The molecule has 1 fully saturated rings. The molecule has 3 nitrogen and oxygen atoms in total. The molecule has 3 rings (SSSR count). The molecule has 1 saturated heterocycles. The first-order valence-corrected chi connectivity index (χ1v) is 5.67. The topological polar surface area (TPSA) is 35.5 Å². The molecule has 0 bridgehead atoms. The van der Waals surface area contributed by atoms with Crippen molar-refractivity contribution in [1.29, 1.82) is 0 Å². The Morgan fingerprint density at radius 3 is 2.69 bits per heavy atom. The lowest BCUT2D eigenvalue weighted by Gasteiger charge is -2.31. The van der Waals surface area contributed by atoms with E-state index in [-0.39, 0.29) is 0 Å². The normalized spacial score (nSPS) is 30.5. The van der Waals surface area contributed by atoms with E-state index in [1.165, 1.54) is 0 Å². The molecule has 0 aromatic heterocycles. The van der Waals surface area contributed by atoms with Crippen LogP contribution in [0.1, 0.15) is 22.3 Å². The molecule has 1 atom stereocenters. The number of benzene rings is 1. The van der Waals surface area contributed by atoms with Crippen LogP contribution in [0.15, 0.2) is 24.3 Å². The van der Waals surface area contributed by atoms with Gasteiger partial charge in [0.25, 0.3) is 5.79 Å². The van der Waals surface area contributed by atoms with E-state index in [0.29, 0.717) is 24.2 Å². The maximum absolute atomic E-state index is 11.7. The number of rotatable bonds is 0. The Hall–Kier alpha value is -0.770. The van der Waals surface area contributed by atoms with Gasteiger partial charge in [0.1, 0.15) is 0 Å². The van der Waals surface area contributed by atoms with E-state index >= 15 is 0 Å². The van der Waals surface area contributed by atoms with Crippen molar-refractivity contribution in [2.75, 3.05) is 6.61 Å². The summed E-state index contributed by atoms with van der Waals surface area (Å²) in [5.41, 5.74) is 1.08. The van der Waals surface area contributed by atoms with E-state index in [0.717, 1.165) is 0 Å². The van der Waals surface area contributed by atoms with Crippen LogP contribution in [0.2, 0.25) is 0 Å². The molecule has 0 amide bonds. The van der Waals surface area contributed by atoms with E-state index in [1.807, 2.05) is 0 Å². The number of halogens is 2. The minimum absolute atomic E-state index is 0.370. The van der Waals surface area contributed by atoms with Gasteiger partial charge in [-0.15, -0.1) is 0 Å². The number of alkyl halides is 2. The Morgan fingerprint density at radius 2 is 2.00 bits per heavy atom. The van der Waals surface area contributed by atoms with Gasteiger partial charge in [-0.25, -0.2) is 4.79 Å². The summed E-state index contributed by atoms with van der Waals surface area (Å²) in [5.74, 6) is -1.77. The second kappa shape index (κ2) is 3.13. The maximum Gasteiger partial charge on any atom is 0.341 e. The minimum atomic E-state index is -1.33. The van der Waals surface area contributed by atoms with E-state index in [9.17, 15) is 4.79 Å². The summed E-state index contributed by atoms with van der Waals surface area (Å²) in [4.78, 5) is 11.7. The first-order valence-electron chi connectivity index (χ1n) is 4.91. The zero-order valence-corrected chi connectivity index (χ0v) is 9.72. The van der Waals surface area contributed by atoms with E-state index < -0.39 is 16.1 Å². The molecule has 2 aliphatic heterocycles. The van der Waals surface area contributed by atoms with Crippen LogP contribution < -0.4 is 0 Å². The highest BCUT2D eigenvalue weighted by atomic mass is 35.5. The lowest BCUT2D eigenvalue weighted by molar-refractivity contribution is -0.176. The number of esters is 1. The molecule has 1 spiro atoms. The number of carbonyl (C=O) groups excluding carboxylic acids is 1. The molecular formula is C11H8Cl2O3. The molecule has 16 heavy (non-hydrogen) atoms. The Bertz CT molecular complexity index is 472. The van der Waals surface area contributed by atoms with Gasteiger partial charge in [0.05, 0.1) is 12.2 Å².